The smallest absolute Gasteiger partial charge is 0.255 e. The van der Waals surface area contributed by atoms with Crippen molar-refractivity contribution in [2.45, 2.75) is 32.0 Å². The number of amides is 3. The molecule has 1 aromatic carbocycles. The number of anilines is 2. The summed E-state index contributed by atoms with van der Waals surface area (Å²) in [5, 5.41) is 5.69. The average Bonchev–Trinajstić information content (AvgIpc) is 3.04. The number of carbonyl (C=O) groups excluding carboxylic acids is 3. The number of nitrogens with zero attached hydrogens (tertiary/aromatic N) is 3. The van der Waals surface area contributed by atoms with Gasteiger partial charge in [0.25, 0.3) is 5.91 Å². The predicted octanol–water partition coefficient (Wildman–Crippen LogP) is 1.27. The number of benzene rings is 1. The molecular weight excluding hydrogens is 370 g/mol. The van der Waals surface area contributed by atoms with E-state index in [9.17, 15) is 14.4 Å². The summed E-state index contributed by atoms with van der Waals surface area (Å²) in [5.41, 5.74) is 3.60. The van der Waals surface area contributed by atoms with Crippen molar-refractivity contribution in [1.82, 2.24) is 15.2 Å². The Bertz CT molecular complexity index is 1020. The maximum Gasteiger partial charge on any atom is 0.255 e. The lowest BCUT2D eigenvalue weighted by molar-refractivity contribution is -0.136. The van der Waals surface area contributed by atoms with Crippen LogP contribution in [0.4, 0.5) is 11.5 Å². The highest BCUT2D eigenvalue weighted by Gasteiger charge is 2.39. The molecule has 0 saturated carbocycles. The molecule has 3 aliphatic rings. The molecule has 8 nitrogen and oxygen atoms in total. The summed E-state index contributed by atoms with van der Waals surface area (Å²) >= 11 is 0. The van der Waals surface area contributed by atoms with Crippen LogP contribution in [0.2, 0.25) is 0 Å². The summed E-state index contributed by atoms with van der Waals surface area (Å²) in [6, 6.07) is 9.26. The second-order valence-corrected chi connectivity index (χ2v) is 7.61. The fourth-order valence-electron chi connectivity index (χ4n) is 4.29. The number of hydrogen-bond donors (Lipinski definition) is 2. The van der Waals surface area contributed by atoms with Crippen LogP contribution in [-0.2, 0) is 22.7 Å². The van der Waals surface area contributed by atoms with Crippen LogP contribution in [0, 0.1) is 0 Å². The Balaban J connectivity index is 1.36. The summed E-state index contributed by atoms with van der Waals surface area (Å²) in [5.74, 6) is 0.111. The molecule has 2 N–H and O–H groups in total. The van der Waals surface area contributed by atoms with Gasteiger partial charge in [-0.15, -0.1) is 0 Å². The lowest BCUT2D eigenvalue weighted by atomic mass is 10.0. The zero-order valence-electron chi connectivity index (χ0n) is 15.9. The number of carbonyl (C=O) groups is 3. The van der Waals surface area contributed by atoms with E-state index in [0.29, 0.717) is 25.1 Å². The predicted molar refractivity (Wildman–Crippen MR) is 106 cm³/mol. The lowest BCUT2D eigenvalue weighted by Crippen LogP contribution is -2.52. The third-order valence-electron chi connectivity index (χ3n) is 5.75. The first kappa shape index (κ1) is 17.7. The molecule has 5 rings (SSSR count). The van der Waals surface area contributed by atoms with Crippen molar-refractivity contribution in [3.63, 3.8) is 0 Å². The molecule has 0 aliphatic carbocycles. The van der Waals surface area contributed by atoms with Crippen molar-refractivity contribution in [1.29, 1.82) is 0 Å². The summed E-state index contributed by atoms with van der Waals surface area (Å²) in [7, 11) is 0. The molecule has 3 aliphatic heterocycles. The summed E-state index contributed by atoms with van der Waals surface area (Å²) in [6.07, 6.45) is 2.42. The van der Waals surface area contributed by atoms with Gasteiger partial charge in [0, 0.05) is 44.4 Å². The number of pyridine rings is 1. The van der Waals surface area contributed by atoms with E-state index < -0.39 is 6.04 Å². The van der Waals surface area contributed by atoms with Crippen LogP contribution in [0.1, 0.15) is 34.3 Å². The summed E-state index contributed by atoms with van der Waals surface area (Å²) in [6.45, 7) is 2.73. The van der Waals surface area contributed by atoms with Gasteiger partial charge in [-0.25, -0.2) is 4.98 Å². The monoisotopic (exact) mass is 391 g/mol. The molecule has 1 saturated heterocycles. The van der Waals surface area contributed by atoms with Gasteiger partial charge in [0.15, 0.2) is 5.82 Å². The zero-order valence-corrected chi connectivity index (χ0v) is 15.9. The Morgan fingerprint density at radius 1 is 1.17 bits per heavy atom. The van der Waals surface area contributed by atoms with Crippen LogP contribution in [0.5, 0.6) is 0 Å². The van der Waals surface area contributed by atoms with Crippen molar-refractivity contribution in [3.8, 4) is 0 Å². The molecule has 1 aromatic heterocycles. The Labute approximate surface area is 167 Å². The molecule has 29 heavy (non-hydrogen) atoms. The molecule has 8 heteroatoms. The average molecular weight is 391 g/mol. The van der Waals surface area contributed by atoms with Crippen LogP contribution in [0.3, 0.4) is 0 Å². The van der Waals surface area contributed by atoms with E-state index in [1.165, 1.54) is 0 Å². The van der Waals surface area contributed by atoms with Crippen molar-refractivity contribution in [2.24, 2.45) is 0 Å². The molecule has 1 fully saturated rings. The molecule has 0 spiro atoms. The van der Waals surface area contributed by atoms with Crippen LogP contribution in [0.25, 0.3) is 0 Å². The minimum absolute atomic E-state index is 0.143. The molecule has 148 valence electrons. The van der Waals surface area contributed by atoms with Crippen molar-refractivity contribution in [2.75, 3.05) is 23.3 Å². The molecular formula is C21H21N5O3. The maximum atomic E-state index is 13.0. The standard InChI is InChI=1S/C21H21N5O3/c27-18-6-5-17(20(28)24-18)26-12-14-4-3-13(10-15(14)21(26)29)11-25-9-8-22-16-2-1-7-23-19(16)25/h1-4,7,10,17,22H,5-6,8-9,11-12H2,(H,24,27,28). The van der Waals surface area contributed by atoms with Crippen LogP contribution in [0.15, 0.2) is 36.5 Å². The first-order chi connectivity index (χ1) is 14.1. The SMILES string of the molecule is O=C1CCC(N2Cc3ccc(CN4CCNc5cccnc54)cc3C2=O)C(=O)N1. The van der Waals surface area contributed by atoms with E-state index in [2.05, 4.69) is 20.5 Å². The summed E-state index contributed by atoms with van der Waals surface area (Å²) in [4.78, 5) is 44.9. The fraction of sp³-hybridized carbons (Fsp3) is 0.333. The van der Waals surface area contributed by atoms with Crippen LogP contribution in [-0.4, -0.2) is 46.7 Å². The molecule has 0 radical (unpaired) electrons. The summed E-state index contributed by atoms with van der Waals surface area (Å²) < 4.78 is 0. The Kier molecular flexibility index (Phi) is 4.19. The van der Waals surface area contributed by atoms with E-state index in [1.807, 2.05) is 30.3 Å². The molecule has 3 amide bonds. The third kappa shape index (κ3) is 3.10. The van der Waals surface area contributed by atoms with Gasteiger partial charge in [-0.05, 0) is 35.7 Å². The largest absolute Gasteiger partial charge is 0.380 e. The van der Waals surface area contributed by atoms with Crippen molar-refractivity contribution in [3.05, 3.63) is 53.2 Å². The molecule has 4 heterocycles. The van der Waals surface area contributed by atoms with Gasteiger partial charge in [-0.1, -0.05) is 12.1 Å². The van der Waals surface area contributed by atoms with Gasteiger partial charge < -0.3 is 15.1 Å². The van der Waals surface area contributed by atoms with Gasteiger partial charge in [0.2, 0.25) is 11.8 Å². The number of piperidine rings is 1. The normalized spacial score (nSPS) is 20.8. The fourth-order valence-corrected chi connectivity index (χ4v) is 4.29. The molecule has 0 bridgehead atoms. The zero-order chi connectivity index (χ0) is 20.0. The van der Waals surface area contributed by atoms with Gasteiger partial charge in [0.1, 0.15) is 6.04 Å². The highest BCUT2D eigenvalue weighted by atomic mass is 16.2. The van der Waals surface area contributed by atoms with Gasteiger partial charge in [0.05, 0.1) is 5.69 Å². The van der Waals surface area contributed by atoms with Crippen molar-refractivity contribution < 1.29 is 14.4 Å². The maximum absolute atomic E-state index is 13.0. The second-order valence-electron chi connectivity index (χ2n) is 7.61. The quantitative estimate of drug-likeness (QED) is 0.766. The highest BCUT2D eigenvalue weighted by molar-refractivity contribution is 6.05. The molecule has 1 atom stereocenters. The second kappa shape index (κ2) is 6.88. The Morgan fingerprint density at radius 3 is 2.93 bits per heavy atom. The Hall–Kier alpha value is -3.42. The van der Waals surface area contributed by atoms with E-state index in [0.717, 1.165) is 35.7 Å². The minimum atomic E-state index is -0.583. The third-order valence-corrected chi connectivity index (χ3v) is 5.75. The van der Waals surface area contributed by atoms with Crippen LogP contribution >= 0.6 is 0 Å². The number of imide groups is 1. The van der Waals surface area contributed by atoms with Gasteiger partial charge in [-0.3, -0.25) is 19.7 Å². The number of rotatable bonds is 3. The van der Waals surface area contributed by atoms with E-state index in [4.69, 9.17) is 0 Å². The topological polar surface area (TPSA) is 94.6 Å². The van der Waals surface area contributed by atoms with E-state index in [1.54, 1.807) is 11.1 Å². The molecule has 2 aromatic rings. The number of nitrogens with one attached hydrogen (secondary N) is 2. The first-order valence-corrected chi connectivity index (χ1v) is 9.80. The first-order valence-electron chi connectivity index (χ1n) is 9.80. The lowest BCUT2D eigenvalue weighted by Gasteiger charge is -2.30. The molecule has 1 unspecified atom stereocenters. The number of fused-ring (bicyclic) bond motifs is 2. The highest BCUT2D eigenvalue weighted by Crippen LogP contribution is 2.30. The van der Waals surface area contributed by atoms with Crippen molar-refractivity contribution >= 4 is 29.2 Å². The van der Waals surface area contributed by atoms with Gasteiger partial charge >= 0.3 is 0 Å². The Morgan fingerprint density at radius 2 is 2.07 bits per heavy atom. The van der Waals surface area contributed by atoms with Gasteiger partial charge in [-0.2, -0.15) is 0 Å². The van der Waals surface area contributed by atoms with Crippen LogP contribution < -0.4 is 15.5 Å². The number of hydrogen-bond acceptors (Lipinski definition) is 6. The number of aromatic nitrogens is 1. The van der Waals surface area contributed by atoms with E-state index in [-0.39, 0.29) is 24.1 Å². The van der Waals surface area contributed by atoms with E-state index >= 15 is 0 Å². The minimum Gasteiger partial charge on any atom is -0.380 e.